The van der Waals surface area contributed by atoms with Crippen LogP contribution in [0.2, 0.25) is 0 Å². The Kier molecular flexibility index (Phi) is 9.89. The number of rotatable bonds is 11. The molecule has 4 nitrogen and oxygen atoms in total. The van der Waals surface area contributed by atoms with Gasteiger partial charge in [-0.1, -0.05) is 109 Å². The molecule has 57 heavy (non-hydrogen) atoms. The van der Waals surface area contributed by atoms with Crippen LogP contribution in [0.25, 0.3) is 10.8 Å². The zero-order chi connectivity index (χ0) is 38.4. The quantitative estimate of drug-likeness (QED) is 0.131. The third-order valence-electron chi connectivity index (χ3n) is 10.4. The minimum Gasteiger partial charge on any atom is -0.345 e. The van der Waals surface area contributed by atoms with Crippen molar-refractivity contribution < 1.29 is 0 Å². The molecule has 0 aliphatic rings. The second-order valence-corrected chi connectivity index (χ2v) is 14.0. The highest BCUT2D eigenvalue weighted by atomic mass is 15.2. The molecule has 0 aliphatic carbocycles. The van der Waals surface area contributed by atoms with Gasteiger partial charge >= 0.3 is 0 Å². The van der Waals surface area contributed by atoms with E-state index in [1.165, 1.54) is 10.8 Å². The zero-order valence-electron chi connectivity index (χ0n) is 31.8. The highest BCUT2D eigenvalue weighted by molar-refractivity contribution is 5.99. The number of benzene rings is 9. The van der Waals surface area contributed by atoms with Crippen LogP contribution in [-0.2, 0) is 0 Å². The third kappa shape index (κ3) is 7.32. The van der Waals surface area contributed by atoms with E-state index in [1.807, 2.05) is 6.07 Å². The summed E-state index contributed by atoms with van der Waals surface area (Å²) in [7, 11) is 2.11. The van der Waals surface area contributed by atoms with Crippen LogP contribution in [0.3, 0.4) is 0 Å². The van der Waals surface area contributed by atoms with E-state index in [9.17, 15) is 0 Å². The molecule has 9 rings (SSSR count). The summed E-state index contributed by atoms with van der Waals surface area (Å²) in [5, 5.41) is 2.42. The lowest BCUT2D eigenvalue weighted by atomic mass is 10.1. The van der Waals surface area contributed by atoms with E-state index in [0.29, 0.717) is 0 Å². The predicted octanol–water partition coefficient (Wildman–Crippen LogP) is 15.0. The number of nitrogens with zero attached hydrogens (tertiary/aromatic N) is 4. The topological polar surface area (TPSA) is 13.0 Å². The Labute approximate surface area is 335 Å². The molecule has 0 N–H and O–H groups in total. The highest BCUT2D eigenvalue weighted by Gasteiger charge is 2.19. The van der Waals surface area contributed by atoms with Gasteiger partial charge in [-0.15, -0.1) is 0 Å². The maximum absolute atomic E-state index is 2.35. The first-order valence-corrected chi connectivity index (χ1v) is 19.3. The molecule has 274 valence electrons. The van der Waals surface area contributed by atoms with Crippen LogP contribution in [0.1, 0.15) is 0 Å². The summed E-state index contributed by atoms with van der Waals surface area (Å²) in [4.78, 5) is 9.18. The summed E-state index contributed by atoms with van der Waals surface area (Å²) in [6.45, 7) is 0. The van der Waals surface area contributed by atoms with E-state index < -0.39 is 0 Å². The molecule has 0 amide bonds. The second-order valence-electron chi connectivity index (χ2n) is 14.0. The van der Waals surface area contributed by atoms with Crippen molar-refractivity contribution >= 4 is 73.3 Å². The van der Waals surface area contributed by atoms with Crippen molar-refractivity contribution in [2.75, 3.05) is 26.6 Å². The molecule has 0 atom stereocenters. The maximum Gasteiger partial charge on any atom is 0.0540 e. The third-order valence-corrected chi connectivity index (χ3v) is 10.4. The van der Waals surface area contributed by atoms with E-state index in [-0.39, 0.29) is 0 Å². The summed E-state index contributed by atoms with van der Waals surface area (Å²) in [5.41, 5.74) is 12.1. The van der Waals surface area contributed by atoms with E-state index in [2.05, 4.69) is 257 Å². The first kappa shape index (κ1) is 35.2. The molecule has 0 unspecified atom stereocenters. The normalized spacial score (nSPS) is 10.9. The van der Waals surface area contributed by atoms with Gasteiger partial charge in [0.25, 0.3) is 0 Å². The van der Waals surface area contributed by atoms with Crippen LogP contribution >= 0.6 is 0 Å². The summed E-state index contributed by atoms with van der Waals surface area (Å²) in [6.07, 6.45) is 0. The smallest absolute Gasteiger partial charge is 0.0540 e. The molecule has 0 fully saturated rings. The fraction of sp³-hybridized carbons (Fsp3) is 0.0189. The Balaban J connectivity index is 1.07. The number of anilines is 11. The Bertz CT molecular complexity index is 2660. The van der Waals surface area contributed by atoms with Crippen molar-refractivity contribution in [3.05, 3.63) is 237 Å². The largest absolute Gasteiger partial charge is 0.345 e. The summed E-state index contributed by atoms with van der Waals surface area (Å²) >= 11 is 0. The monoisotopic (exact) mass is 734 g/mol. The lowest BCUT2D eigenvalue weighted by Crippen LogP contribution is -2.13. The molecular formula is C53H42N4. The van der Waals surface area contributed by atoms with Gasteiger partial charge in [-0.05, 0) is 133 Å². The van der Waals surface area contributed by atoms with Crippen molar-refractivity contribution in [2.45, 2.75) is 0 Å². The lowest BCUT2D eigenvalue weighted by molar-refractivity contribution is 1.20. The zero-order valence-corrected chi connectivity index (χ0v) is 31.8. The molecule has 0 bridgehead atoms. The van der Waals surface area contributed by atoms with Gasteiger partial charge < -0.3 is 19.6 Å². The molecule has 0 saturated carbocycles. The van der Waals surface area contributed by atoms with Gasteiger partial charge in [0, 0.05) is 69.3 Å². The fourth-order valence-corrected chi connectivity index (χ4v) is 7.58. The first-order chi connectivity index (χ1) is 28.2. The molecule has 0 heterocycles. The molecular weight excluding hydrogens is 693 g/mol. The average molecular weight is 735 g/mol. The Hall–Kier alpha value is -7.56. The lowest BCUT2D eigenvalue weighted by Gasteiger charge is -2.30. The fourth-order valence-electron chi connectivity index (χ4n) is 7.58. The maximum atomic E-state index is 2.35. The molecule has 9 aromatic carbocycles. The number of fused-ring (bicyclic) bond motifs is 1. The SMILES string of the molecule is CN(c1ccccc1)c1ccc(N(c2ccccc2)c2ccc(N(c3ccccc3)c3ccc(N(c4ccccc4)c4cccc5ccccc45)cc3)cc2)cc1. The van der Waals surface area contributed by atoms with Crippen LogP contribution in [0.4, 0.5) is 62.6 Å². The summed E-state index contributed by atoms with van der Waals surface area (Å²) in [6, 6.07) is 83.9. The number of hydrogen-bond donors (Lipinski definition) is 0. The molecule has 0 aliphatic heterocycles. The van der Waals surface area contributed by atoms with Crippen LogP contribution in [0.5, 0.6) is 0 Å². The van der Waals surface area contributed by atoms with Crippen LogP contribution < -0.4 is 19.6 Å². The molecule has 0 saturated heterocycles. The molecule has 0 spiro atoms. The second kappa shape index (κ2) is 16.0. The van der Waals surface area contributed by atoms with Crippen molar-refractivity contribution in [3.63, 3.8) is 0 Å². The molecule has 9 aromatic rings. The number of para-hydroxylation sites is 4. The highest BCUT2D eigenvalue weighted by Crippen LogP contribution is 2.42. The Morgan fingerprint density at radius 3 is 0.947 bits per heavy atom. The predicted molar refractivity (Wildman–Crippen MR) is 243 cm³/mol. The van der Waals surface area contributed by atoms with Gasteiger partial charge in [-0.3, -0.25) is 0 Å². The molecule has 4 heteroatoms. The van der Waals surface area contributed by atoms with Gasteiger partial charge in [0.15, 0.2) is 0 Å². The average Bonchev–Trinajstić information content (AvgIpc) is 3.29. The standard InChI is InChI=1S/C53H42N4/c1-54(42-19-6-2-7-20-42)43-29-31-47(32-30-43)55(44-21-8-3-9-22-44)48-33-35-49(36-34-48)56(45-23-10-4-11-24-45)50-37-39-51(40-38-50)57(46-25-12-5-13-26-46)53-28-16-18-41-17-14-15-27-52(41)53/h2-40H,1H3. The van der Waals surface area contributed by atoms with Crippen LogP contribution in [0.15, 0.2) is 237 Å². The first-order valence-electron chi connectivity index (χ1n) is 19.3. The summed E-state index contributed by atoms with van der Waals surface area (Å²) in [5.74, 6) is 0. The van der Waals surface area contributed by atoms with Crippen molar-refractivity contribution in [2.24, 2.45) is 0 Å². The number of hydrogen-bond acceptors (Lipinski definition) is 4. The summed E-state index contributed by atoms with van der Waals surface area (Å²) < 4.78 is 0. The molecule has 0 aromatic heterocycles. The van der Waals surface area contributed by atoms with Crippen LogP contribution in [-0.4, -0.2) is 7.05 Å². The van der Waals surface area contributed by atoms with Crippen LogP contribution in [0, 0.1) is 0 Å². The Morgan fingerprint density at radius 2 is 0.509 bits per heavy atom. The van der Waals surface area contributed by atoms with E-state index in [4.69, 9.17) is 0 Å². The van der Waals surface area contributed by atoms with Gasteiger partial charge in [0.05, 0.1) is 5.69 Å². The Morgan fingerprint density at radius 1 is 0.228 bits per heavy atom. The van der Waals surface area contributed by atoms with Gasteiger partial charge in [-0.25, -0.2) is 0 Å². The van der Waals surface area contributed by atoms with E-state index >= 15 is 0 Å². The van der Waals surface area contributed by atoms with Crippen molar-refractivity contribution in [1.82, 2.24) is 0 Å². The van der Waals surface area contributed by atoms with E-state index in [1.54, 1.807) is 0 Å². The minimum atomic E-state index is 1.07. The van der Waals surface area contributed by atoms with Crippen molar-refractivity contribution in [1.29, 1.82) is 0 Å². The molecule has 0 radical (unpaired) electrons. The van der Waals surface area contributed by atoms with E-state index in [0.717, 1.165) is 62.6 Å². The minimum absolute atomic E-state index is 1.07. The van der Waals surface area contributed by atoms with Gasteiger partial charge in [0.1, 0.15) is 0 Å². The van der Waals surface area contributed by atoms with Gasteiger partial charge in [0.2, 0.25) is 0 Å². The van der Waals surface area contributed by atoms with Crippen molar-refractivity contribution in [3.8, 4) is 0 Å². The van der Waals surface area contributed by atoms with Gasteiger partial charge in [-0.2, -0.15) is 0 Å².